The van der Waals surface area contributed by atoms with Gasteiger partial charge in [-0.15, -0.1) is 0 Å². The van der Waals surface area contributed by atoms with E-state index in [2.05, 4.69) is 37.3 Å². The predicted molar refractivity (Wildman–Crippen MR) is 89.3 cm³/mol. The van der Waals surface area contributed by atoms with Gasteiger partial charge in [0.05, 0.1) is 17.5 Å². The van der Waals surface area contributed by atoms with Crippen molar-refractivity contribution in [3.63, 3.8) is 0 Å². The highest BCUT2D eigenvalue weighted by Gasteiger charge is 2.16. The van der Waals surface area contributed by atoms with Crippen molar-refractivity contribution in [1.82, 2.24) is 10.3 Å². The van der Waals surface area contributed by atoms with Crippen LogP contribution in [0.25, 0.3) is 10.9 Å². The lowest BCUT2D eigenvalue weighted by Crippen LogP contribution is -2.16. The standard InChI is InChI=1S/C17H25N3O/c1-11(2)21-15-9-7-8-13-16(15)19-14(10-18-4)12(3)17(13)20(5)6/h7-9,11,18H,10H2,1-6H3. The molecule has 0 saturated heterocycles. The summed E-state index contributed by atoms with van der Waals surface area (Å²) in [6, 6.07) is 6.14. The Balaban J connectivity index is 2.76. The Bertz CT molecular complexity index is 635. The van der Waals surface area contributed by atoms with E-state index in [9.17, 15) is 0 Å². The summed E-state index contributed by atoms with van der Waals surface area (Å²) in [6.45, 7) is 6.95. The third-order valence-electron chi connectivity index (χ3n) is 3.44. The second kappa shape index (κ2) is 6.31. The number of nitrogens with zero attached hydrogens (tertiary/aromatic N) is 2. The molecule has 1 heterocycles. The number of benzene rings is 1. The number of fused-ring (bicyclic) bond motifs is 1. The third-order valence-corrected chi connectivity index (χ3v) is 3.44. The predicted octanol–water partition coefficient (Wildman–Crippen LogP) is 3.12. The molecule has 2 aromatic rings. The summed E-state index contributed by atoms with van der Waals surface area (Å²) in [4.78, 5) is 7.00. The van der Waals surface area contributed by atoms with Gasteiger partial charge in [0.1, 0.15) is 11.3 Å². The molecular weight excluding hydrogens is 262 g/mol. The SMILES string of the molecule is CNCc1nc2c(OC(C)C)cccc2c(N(C)C)c1C. The van der Waals surface area contributed by atoms with Crippen LogP contribution in [0.5, 0.6) is 5.75 Å². The number of aromatic nitrogens is 1. The molecule has 2 rings (SSSR count). The first kappa shape index (κ1) is 15.6. The van der Waals surface area contributed by atoms with Gasteiger partial charge in [0.2, 0.25) is 0 Å². The summed E-state index contributed by atoms with van der Waals surface area (Å²) in [5.41, 5.74) is 4.42. The van der Waals surface area contributed by atoms with E-state index in [0.717, 1.165) is 28.9 Å². The fraction of sp³-hybridized carbons (Fsp3) is 0.471. The molecule has 0 atom stereocenters. The lowest BCUT2D eigenvalue weighted by Gasteiger charge is -2.22. The van der Waals surface area contributed by atoms with Crippen LogP contribution in [0.4, 0.5) is 5.69 Å². The lowest BCUT2D eigenvalue weighted by atomic mass is 10.1. The van der Waals surface area contributed by atoms with Crippen molar-refractivity contribution >= 4 is 16.6 Å². The number of nitrogens with one attached hydrogen (secondary N) is 1. The molecule has 0 unspecified atom stereocenters. The highest BCUT2D eigenvalue weighted by Crippen LogP contribution is 2.35. The molecule has 0 saturated carbocycles. The number of anilines is 1. The van der Waals surface area contributed by atoms with Crippen molar-refractivity contribution in [2.24, 2.45) is 0 Å². The number of pyridine rings is 1. The molecule has 114 valence electrons. The Labute approximate surface area is 127 Å². The topological polar surface area (TPSA) is 37.4 Å². The molecule has 1 N–H and O–H groups in total. The van der Waals surface area contributed by atoms with Gasteiger partial charge in [-0.3, -0.25) is 0 Å². The Morgan fingerprint density at radius 1 is 1.29 bits per heavy atom. The number of hydrogen-bond acceptors (Lipinski definition) is 4. The molecule has 1 aromatic carbocycles. The van der Waals surface area contributed by atoms with Crippen molar-refractivity contribution in [2.75, 3.05) is 26.0 Å². The third kappa shape index (κ3) is 3.10. The van der Waals surface area contributed by atoms with E-state index in [-0.39, 0.29) is 6.10 Å². The molecule has 0 fully saturated rings. The number of ether oxygens (including phenoxy) is 1. The van der Waals surface area contributed by atoms with Crippen molar-refractivity contribution < 1.29 is 4.74 Å². The molecule has 0 bridgehead atoms. The van der Waals surface area contributed by atoms with Gasteiger partial charge in [0.25, 0.3) is 0 Å². The fourth-order valence-corrected chi connectivity index (χ4v) is 2.65. The van der Waals surface area contributed by atoms with Crippen molar-refractivity contribution in [3.05, 3.63) is 29.5 Å². The van der Waals surface area contributed by atoms with Crippen molar-refractivity contribution in [2.45, 2.75) is 33.4 Å². The fourth-order valence-electron chi connectivity index (χ4n) is 2.65. The number of rotatable bonds is 5. The highest BCUT2D eigenvalue weighted by atomic mass is 16.5. The van der Waals surface area contributed by atoms with Gasteiger partial charge in [-0.1, -0.05) is 12.1 Å². The van der Waals surface area contributed by atoms with Gasteiger partial charge >= 0.3 is 0 Å². The summed E-state index contributed by atoms with van der Waals surface area (Å²) in [5, 5.41) is 4.33. The summed E-state index contributed by atoms with van der Waals surface area (Å²) in [6.07, 6.45) is 0.134. The van der Waals surface area contributed by atoms with Gasteiger partial charge in [0, 0.05) is 26.0 Å². The quantitative estimate of drug-likeness (QED) is 0.917. The second-order valence-corrected chi connectivity index (χ2v) is 5.78. The maximum atomic E-state index is 5.93. The molecule has 4 heteroatoms. The largest absolute Gasteiger partial charge is 0.489 e. The van der Waals surface area contributed by atoms with Gasteiger partial charge < -0.3 is 15.0 Å². The van der Waals surface area contributed by atoms with Gasteiger partial charge in [-0.05, 0) is 39.4 Å². The van der Waals surface area contributed by atoms with Crippen LogP contribution in [0, 0.1) is 6.92 Å². The first-order valence-corrected chi connectivity index (χ1v) is 7.36. The van der Waals surface area contributed by atoms with E-state index >= 15 is 0 Å². The number of para-hydroxylation sites is 1. The van der Waals surface area contributed by atoms with Crippen molar-refractivity contribution in [3.8, 4) is 5.75 Å². The average Bonchev–Trinajstić information content (AvgIpc) is 2.39. The van der Waals surface area contributed by atoms with Crippen LogP contribution in [-0.2, 0) is 6.54 Å². The molecule has 0 amide bonds. The van der Waals surface area contributed by atoms with Gasteiger partial charge in [-0.25, -0.2) is 4.98 Å². The zero-order valence-corrected chi connectivity index (χ0v) is 13.8. The average molecular weight is 287 g/mol. The summed E-state index contributed by atoms with van der Waals surface area (Å²) >= 11 is 0. The monoisotopic (exact) mass is 287 g/mol. The smallest absolute Gasteiger partial charge is 0.145 e. The van der Waals surface area contributed by atoms with Crippen LogP contribution >= 0.6 is 0 Å². The van der Waals surface area contributed by atoms with Gasteiger partial charge in [0.15, 0.2) is 0 Å². The summed E-state index contributed by atoms with van der Waals surface area (Å²) in [7, 11) is 6.08. The van der Waals surface area contributed by atoms with Crippen LogP contribution in [0.15, 0.2) is 18.2 Å². The van der Waals surface area contributed by atoms with E-state index < -0.39 is 0 Å². The normalized spacial score (nSPS) is 11.2. The van der Waals surface area contributed by atoms with E-state index in [1.165, 1.54) is 11.3 Å². The minimum atomic E-state index is 0.134. The van der Waals surface area contributed by atoms with E-state index in [1.54, 1.807) is 0 Å². The Morgan fingerprint density at radius 2 is 2.00 bits per heavy atom. The molecule has 0 aliphatic heterocycles. The van der Waals surface area contributed by atoms with Crippen LogP contribution in [0.2, 0.25) is 0 Å². The molecule has 21 heavy (non-hydrogen) atoms. The Kier molecular flexibility index (Phi) is 4.68. The summed E-state index contributed by atoms with van der Waals surface area (Å²) < 4.78 is 5.93. The Morgan fingerprint density at radius 3 is 2.57 bits per heavy atom. The maximum absolute atomic E-state index is 5.93. The molecule has 0 aliphatic carbocycles. The number of hydrogen-bond donors (Lipinski definition) is 1. The molecule has 0 aliphatic rings. The van der Waals surface area contributed by atoms with Crippen LogP contribution in [0.3, 0.4) is 0 Å². The molecule has 0 radical (unpaired) electrons. The van der Waals surface area contributed by atoms with Crippen LogP contribution in [-0.4, -0.2) is 32.2 Å². The van der Waals surface area contributed by atoms with E-state index in [4.69, 9.17) is 9.72 Å². The first-order valence-electron chi connectivity index (χ1n) is 7.36. The zero-order valence-electron chi connectivity index (χ0n) is 13.8. The highest BCUT2D eigenvalue weighted by molar-refractivity contribution is 5.97. The van der Waals surface area contributed by atoms with E-state index in [1.807, 2.05) is 33.0 Å². The molecular formula is C17H25N3O. The zero-order chi connectivity index (χ0) is 15.6. The molecule has 0 spiro atoms. The molecule has 1 aromatic heterocycles. The summed E-state index contributed by atoms with van der Waals surface area (Å²) in [5.74, 6) is 0.850. The minimum Gasteiger partial charge on any atom is -0.489 e. The minimum absolute atomic E-state index is 0.134. The second-order valence-electron chi connectivity index (χ2n) is 5.78. The first-order chi connectivity index (χ1) is 9.95. The van der Waals surface area contributed by atoms with E-state index in [0.29, 0.717) is 0 Å². The maximum Gasteiger partial charge on any atom is 0.145 e. The van der Waals surface area contributed by atoms with Crippen molar-refractivity contribution in [1.29, 1.82) is 0 Å². The Hall–Kier alpha value is -1.81. The molecule has 4 nitrogen and oxygen atoms in total. The van der Waals surface area contributed by atoms with Crippen LogP contribution < -0.4 is 15.0 Å². The van der Waals surface area contributed by atoms with Gasteiger partial charge in [-0.2, -0.15) is 0 Å². The lowest BCUT2D eigenvalue weighted by molar-refractivity contribution is 0.245. The van der Waals surface area contributed by atoms with Crippen LogP contribution in [0.1, 0.15) is 25.1 Å².